The monoisotopic (exact) mass is 188 g/mol. The average molecular weight is 188 g/mol. The first-order valence-corrected chi connectivity index (χ1v) is 4.86. The van der Waals surface area contributed by atoms with Crippen LogP contribution in [0, 0.1) is 0 Å². The van der Waals surface area contributed by atoms with Gasteiger partial charge in [0.25, 0.3) is 0 Å². The molecule has 60 valence electrons. The zero-order valence-electron chi connectivity index (χ0n) is 6.60. The number of hydrogen-bond donors (Lipinski definition) is 0. The molecule has 0 unspecified atom stereocenters. The van der Waals surface area contributed by atoms with Gasteiger partial charge in [-0.25, -0.2) is 0 Å². The zero-order chi connectivity index (χ0) is 7.94. The summed E-state index contributed by atoms with van der Waals surface area (Å²) in [6.07, 6.45) is 13.8. The van der Waals surface area contributed by atoms with Crippen molar-refractivity contribution in [2.75, 3.05) is 0 Å². The Labute approximate surface area is 74.5 Å². The Bertz CT molecular complexity index is 219. The third-order valence-corrected chi connectivity index (χ3v) is 2.49. The van der Waals surface area contributed by atoms with Crippen LogP contribution >= 0.6 is 0 Å². The van der Waals surface area contributed by atoms with Crippen LogP contribution < -0.4 is 0 Å². The Hall–Kier alpha value is -0.521. The molecule has 0 heterocycles. The van der Waals surface area contributed by atoms with Crippen LogP contribution in [0.25, 0.3) is 0 Å². The van der Waals surface area contributed by atoms with E-state index in [4.69, 9.17) is 0 Å². The van der Waals surface area contributed by atoms with Crippen LogP contribution in [-0.2, 0) is 15.0 Å². The first kappa shape index (κ1) is 8.57. The normalized spacial score (nSPS) is 17.4. The van der Waals surface area contributed by atoms with Gasteiger partial charge >= 0.3 is 74.2 Å². The Morgan fingerprint density at radius 2 is 2.36 bits per heavy atom. The second kappa shape index (κ2) is 5.17. The summed E-state index contributed by atoms with van der Waals surface area (Å²) in [5, 5.41) is 0. The van der Waals surface area contributed by atoms with E-state index in [9.17, 15) is 0 Å². The molecule has 0 amide bonds. The fraction of sp³-hybridized carbons (Fsp3) is 0.200. The van der Waals surface area contributed by atoms with E-state index in [0.717, 1.165) is 21.4 Å². The molecule has 0 saturated heterocycles. The first-order valence-electron chi connectivity index (χ1n) is 3.68. The van der Waals surface area contributed by atoms with Crippen LogP contribution in [0.15, 0.2) is 45.9 Å². The molecule has 1 heteroatoms. The maximum atomic E-state index is 2.19. The second-order valence-corrected chi connectivity index (χ2v) is 3.56. The van der Waals surface area contributed by atoms with Crippen LogP contribution in [0.4, 0.5) is 0 Å². The van der Waals surface area contributed by atoms with Gasteiger partial charge in [0.1, 0.15) is 0 Å². The molecular weight excluding hydrogens is 176 g/mol. The van der Waals surface area contributed by atoms with Gasteiger partial charge in [-0.3, -0.25) is 0 Å². The van der Waals surface area contributed by atoms with E-state index in [1.165, 1.54) is 4.47 Å². The van der Waals surface area contributed by atoms with Gasteiger partial charge in [0.2, 0.25) is 0 Å². The summed E-state index contributed by atoms with van der Waals surface area (Å²) in [7, 11) is 0. The molecular formula is C10H12Fe. The fourth-order valence-electron chi connectivity index (χ4n) is 0.752. The van der Waals surface area contributed by atoms with Gasteiger partial charge in [-0.2, -0.15) is 0 Å². The molecule has 1 rings (SSSR count). The number of allylic oxidation sites excluding steroid dienone is 7. The van der Waals surface area contributed by atoms with Crippen molar-refractivity contribution in [1.82, 2.24) is 0 Å². The van der Waals surface area contributed by atoms with Crippen LogP contribution in [0.5, 0.6) is 0 Å². The van der Waals surface area contributed by atoms with Gasteiger partial charge in [0.05, 0.1) is 0 Å². The molecule has 0 nitrogen and oxygen atoms in total. The molecule has 0 spiro atoms. The van der Waals surface area contributed by atoms with E-state index in [2.05, 4.69) is 35.4 Å². The molecule has 0 bridgehead atoms. The molecule has 0 atom stereocenters. The Balaban J connectivity index is 2.22. The molecule has 1 aliphatic carbocycles. The minimum atomic E-state index is 1.09. The minimum absolute atomic E-state index is 1.09. The van der Waals surface area contributed by atoms with E-state index in [1.807, 2.05) is 13.0 Å². The Kier molecular flexibility index (Phi) is 4.03. The van der Waals surface area contributed by atoms with Crippen LogP contribution in [0.3, 0.4) is 0 Å². The van der Waals surface area contributed by atoms with E-state index in [-0.39, 0.29) is 0 Å². The third-order valence-electron chi connectivity index (χ3n) is 1.28. The van der Waals surface area contributed by atoms with Crippen molar-refractivity contribution in [1.29, 1.82) is 0 Å². The maximum absolute atomic E-state index is 2.19. The van der Waals surface area contributed by atoms with Crippen molar-refractivity contribution in [3.05, 3.63) is 45.9 Å². The predicted molar refractivity (Wildman–Crippen MR) is 45.8 cm³/mol. The van der Waals surface area contributed by atoms with Crippen LogP contribution in [-0.4, -0.2) is 0 Å². The molecule has 0 radical (unpaired) electrons. The van der Waals surface area contributed by atoms with Crippen molar-refractivity contribution in [2.45, 2.75) is 13.3 Å². The average Bonchev–Trinajstić information content (AvgIpc) is 2.50. The first-order chi connectivity index (χ1) is 5.43. The van der Waals surface area contributed by atoms with Crippen molar-refractivity contribution in [3.63, 3.8) is 0 Å². The van der Waals surface area contributed by atoms with Gasteiger partial charge in [-0.1, -0.05) is 0 Å². The molecule has 0 aromatic rings. The topological polar surface area (TPSA) is 0 Å². The van der Waals surface area contributed by atoms with Gasteiger partial charge in [-0.05, 0) is 0 Å². The van der Waals surface area contributed by atoms with Gasteiger partial charge in [0.15, 0.2) is 0 Å². The second-order valence-electron chi connectivity index (χ2n) is 2.17. The Morgan fingerprint density at radius 3 is 3.00 bits per heavy atom. The molecule has 0 saturated carbocycles. The molecule has 0 aliphatic heterocycles. The van der Waals surface area contributed by atoms with E-state index >= 15 is 0 Å². The summed E-state index contributed by atoms with van der Waals surface area (Å²) >= 11 is 1.09. The van der Waals surface area contributed by atoms with Gasteiger partial charge in [0, 0.05) is 0 Å². The summed E-state index contributed by atoms with van der Waals surface area (Å²) in [4.78, 5) is 2.19. The van der Waals surface area contributed by atoms with Crippen molar-refractivity contribution >= 4 is 0 Å². The number of rotatable bonds is 3. The van der Waals surface area contributed by atoms with Crippen LogP contribution in [0.2, 0.25) is 0 Å². The van der Waals surface area contributed by atoms with Crippen molar-refractivity contribution in [2.24, 2.45) is 0 Å². The molecule has 11 heavy (non-hydrogen) atoms. The van der Waals surface area contributed by atoms with E-state index in [0.29, 0.717) is 0 Å². The van der Waals surface area contributed by atoms with E-state index < -0.39 is 0 Å². The van der Waals surface area contributed by atoms with Crippen LogP contribution in [0.1, 0.15) is 13.3 Å². The quantitative estimate of drug-likeness (QED) is 0.471. The van der Waals surface area contributed by atoms with Crippen molar-refractivity contribution in [3.8, 4) is 0 Å². The molecule has 0 aromatic heterocycles. The standard InChI is InChI=1S/C5H5.C5H7.Fe/c1-2-4-5-3-1;1-3-5-4-2;/h1-3H,4H2;1,3-5H,2H3;. The molecule has 0 N–H and O–H groups in total. The van der Waals surface area contributed by atoms with E-state index in [1.54, 1.807) is 0 Å². The SMILES string of the molecule is CC=CC=[CH][Fe][C]1=CC=CC1. The Morgan fingerprint density at radius 1 is 1.45 bits per heavy atom. The zero-order valence-corrected chi connectivity index (χ0v) is 7.71. The molecule has 0 aromatic carbocycles. The molecule has 1 aliphatic rings. The summed E-state index contributed by atoms with van der Waals surface area (Å²) in [5.41, 5.74) is 0. The van der Waals surface area contributed by atoms with Gasteiger partial charge < -0.3 is 0 Å². The van der Waals surface area contributed by atoms with Gasteiger partial charge in [-0.15, -0.1) is 0 Å². The fourth-order valence-corrected chi connectivity index (χ4v) is 1.69. The van der Waals surface area contributed by atoms with Crippen molar-refractivity contribution < 1.29 is 15.0 Å². The number of hydrogen-bond acceptors (Lipinski definition) is 0. The summed E-state index contributed by atoms with van der Waals surface area (Å²) < 4.78 is 1.51. The summed E-state index contributed by atoms with van der Waals surface area (Å²) in [6.45, 7) is 2.03. The summed E-state index contributed by atoms with van der Waals surface area (Å²) in [6, 6.07) is 0. The third kappa shape index (κ3) is 3.41. The predicted octanol–water partition coefficient (Wildman–Crippen LogP) is 3.00. The molecule has 0 fully saturated rings. The summed E-state index contributed by atoms with van der Waals surface area (Å²) in [5.74, 6) is 0.